The molecule has 4 nitrogen and oxygen atoms in total. The van der Waals surface area contributed by atoms with Gasteiger partial charge in [0, 0.05) is 18.8 Å². The van der Waals surface area contributed by atoms with Crippen molar-refractivity contribution in [3.8, 4) is 0 Å². The van der Waals surface area contributed by atoms with Crippen molar-refractivity contribution < 1.29 is 9.18 Å². The Hall–Kier alpha value is -1.62. The van der Waals surface area contributed by atoms with Crippen molar-refractivity contribution in [2.75, 3.05) is 31.9 Å². The minimum absolute atomic E-state index is 0.00505. The van der Waals surface area contributed by atoms with Gasteiger partial charge >= 0.3 is 0 Å². The van der Waals surface area contributed by atoms with Crippen LogP contribution in [-0.4, -0.2) is 37.0 Å². The van der Waals surface area contributed by atoms with Crippen molar-refractivity contribution in [1.82, 2.24) is 10.2 Å². The number of carbonyl (C=O) groups excluding carboxylic acids is 1. The molecule has 18 heavy (non-hydrogen) atoms. The molecule has 0 heterocycles. The van der Waals surface area contributed by atoms with E-state index >= 15 is 0 Å². The first-order valence-corrected chi connectivity index (χ1v) is 6.14. The highest BCUT2D eigenvalue weighted by atomic mass is 19.1. The summed E-state index contributed by atoms with van der Waals surface area (Å²) in [5.74, 6) is -0.975. The number of nitrogens with two attached hydrogens (primary N) is 1. The van der Waals surface area contributed by atoms with Gasteiger partial charge in [-0.3, -0.25) is 4.79 Å². The highest BCUT2D eigenvalue weighted by molar-refractivity contribution is 5.95. The van der Waals surface area contributed by atoms with Crippen molar-refractivity contribution in [3.63, 3.8) is 0 Å². The number of nitrogens with one attached hydrogen (secondary N) is 1. The van der Waals surface area contributed by atoms with E-state index in [-0.39, 0.29) is 5.56 Å². The van der Waals surface area contributed by atoms with Crippen LogP contribution in [0.5, 0.6) is 0 Å². The number of rotatable bonds is 6. The fourth-order valence-corrected chi connectivity index (χ4v) is 1.68. The third-order valence-electron chi connectivity index (χ3n) is 2.84. The average molecular weight is 253 g/mol. The number of likely N-dealkylation sites (N-methyl/N-ethyl adjacent to an activating group) is 1. The van der Waals surface area contributed by atoms with Crippen LogP contribution in [0, 0.1) is 5.82 Å². The van der Waals surface area contributed by atoms with E-state index in [0.717, 1.165) is 19.6 Å². The summed E-state index contributed by atoms with van der Waals surface area (Å²) < 4.78 is 13.4. The molecule has 0 saturated heterocycles. The summed E-state index contributed by atoms with van der Waals surface area (Å²) in [6.45, 7) is 7.22. The molecule has 1 rings (SSSR count). The molecule has 0 aliphatic heterocycles. The average Bonchev–Trinajstić information content (AvgIpc) is 2.37. The molecule has 0 aliphatic rings. The summed E-state index contributed by atoms with van der Waals surface area (Å²) in [6.07, 6.45) is 0. The molecule has 0 fully saturated rings. The van der Waals surface area contributed by atoms with E-state index in [9.17, 15) is 9.18 Å². The fraction of sp³-hybridized carbons (Fsp3) is 0.462. The second-order valence-corrected chi connectivity index (χ2v) is 4.02. The summed E-state index contributed by atoms with van der Waals surface area (Å²) >= 11 is 0. The van der Waals surface area contributed by atoms with E-state index in [4.69, 9.17) is 5.73 Å². The number of carbonyl (C=O) groups is 1. The van der Waals surface area contributed by atoms with Crippen LogP contribution in [0.25, 0.3) is 0 Å². The molecule has 1 amide bonds. The van der Waals surface area contributed by atoms with Crippen LogP contribution >= 0.6 is 0 Å². The lowest BCUT2D eigenvalue weighted by molar-refractivity contribution is 0.0945. The van der Waals surface area contributed by atoms with Crippen LogP contribution in [-0.2, 0) is 0 Å². The van der Waals surface area contributed by atoms with Crippen molar-refractivity contribution in [2.24, 2.45) is 0 Å². The van der Waals surface area contributed by atoms with Crippen molar-refractivity contribution in [1.29, 1.82) is 0 Å². The first-order valence-electron chi connectivity index (χ1n) is 6.14. The maximum absolute atomic E-state index is 13.4. The number of nitrogen functional groups attached to an aromatic ring is 1. The van der Waals surface area contributed by atoms with Gasteiger partial charge < -0.3 is 16.0 Å². The van der Waals surface area contributed by atoms with Crippen molar-refractivity contribution >= 4 is 11.6 Å². The van der Waals surface area contributed by atoms with Crippen LogP contribution in [0.4, 0.5) is 10.1 Å². The molecule has 0 atom stereocenters. The first kappa shape index (κ1) is 14.4. The van der Waals surface area contributed by atoms with Gasteiger partial charge in [0.05, 0.1) is 5.56 Å². The van der Waals surface area contributed by atoms with Gasteiger partial charge in [0.2, 0.25) is 0 Å². The summed E-state index contributed by atoms with van der Waals surface area (Å²) in [5.41, 5.74) is 5.91. The van der Waals surface area contributed by atoms with E-state index in [0.29, 0.717) is 12.2 Å². The topological polar surface area (TPSA) is 58.4 Å². The number of amides is 1. The van der Waals surface area contributed by atoms with Crippen LogP contribution in [0.3, 0.4) is 0 Å². The van der Waals surface area contributed by atoms with E-state index < -0.39 is 11.7 Å². The van der Waals surface area contributed by atoms with Gasteiger partial charge in [0.15, 0.2) is 0 Å². The maximum atomic E-state index is 13.4. The van der Waals surface area contributed by atoms with Gasteiger partial charge in [-0.25, -0.2) is 4.39 Å². The molecule has 1 aromatic carbocycles. The zero-order valence-corrected chi connectivity index (χ0v) is 10.9. The molecule has 0 aromatic heterocycles. The molecule has 1 aromatic rings. The van der Waals surface area contributed by atoms with Crippen LogP contribution in [0.1, 0.15) is 24.2 Å². The Morgan fingerprint density at radius 1 is 1.39 bits per heavy atom. The molecular weight excluding hydrogens is 233 g/mol. The molecule has 100 valence electrons. The van der Waals surface area contributed by atoms with Gasteiger partial charge in [0.25, 0.3) is 5.91 Å². The Kier molecular flexibility index (Phi) is 5.58. The van der Waals surface area contributed by atoms with Crippen LogP contribution in [0.15, 0.2) is 18.2 Å². The highest BCUT2D eigenvalue weighted by Gasteiger charge is 2.11. The van der Waals surface area contributed by atoms with Crippen LogP contribution in [0.2, 0.25) is 0 Å². The second kappa shape index (κ2) is 6.96. The predicted octanol–water partition coefficient (Wildman–Crippen LogP) is 1.48. The van der Waals surface area contributed by atoms with E-state index in [1.165, 1.54) is 18.2 Å². The lowest BCUT2D eigenvalue weighted by Crippen LogP contribution is -2.35. The summed E-state index contributed by atoms with van der Waals surface area (Å²) in [7, 11) is 0. The summed E-state index contributed by atoms with van der Waals surface area (Å²) in [4.78, 5) is 13.9. The Labute approximate surface area is 107 Å². The van der Waals surface area contributed by atoms with Crippen molar-refractivity contribution in [3.05, 3.63) is 29.6 Å². The Balaban J connectivity index is 2.53. The number of nitrogens with zero attached hydrogens (tertiary/aromatic N) is 1. The van der Waals surface area contributed by atoms with Gasteiger partial charge in [0.1, 0.15) is 5.82 Å². The first-order chi connectivity index (χ1) is 8.58. The molecule has 5 heteroatoms. The van der Waals surface area contributed by atoms with Gasteiger partial charge in [-0.05, 0) is 31.3 Å². The molecular formula is C13H20FN3O. The summed E-state index contributed by atoms with van der Waals surface area (Å²) in [6, 6.07) is 3.98. The highest BCUT2D eigenvalue weighted by Crippen LogP contribution is 2.11. The number of halogens is 1. The minimum atomic E-state index is -0.551. The Morgan fingerprint density at radius 3 is 2.67 bits per heavy atom. The second-order valence-electron chi connectivity index (χ2n) is 4.02. The Morgan fingerprint density at radius 2 is 2.06 bits per heavy atom. The van der Waals surface area contributed by atoms with E-state index in [1.807, 2.05) is 0 Å². The lowest BCUT2D eigenvalue weighted by Gasteiger charge is -2.18. The molecule has 0 bridgehead atoms. The van der Waals surface area contributed by atoms with Crippen LogP contribution < -0.4 is 11.1 Å². The number of hydrogen-bond acceptors (Lipinski definition) is 3. The molecule has 0 saturated carbocycles. The third kappa shape index (κ3) is 4.00. The quantitative estimate of drug-likeness (QED) is 0.755. The summed E-state index contributed by atoms with van der Waals surface area (Å²) in [5, 5.41) is 2.69. The fourth-order valence-electron chi connectivity index (χ4n) is 1.68. The standard InChI is InChI=1S/C13H20FN3O/c1-3-17(4-2)8-7-16-13(18)11-9-10(15)5-6-12(11)14/h5-6,9H,3-4,7-8,15H2,1-2H3,(H,16,18). The molecule has 0 aliphatic carbocycles. The number of benzene rings is 1. The zero-order chi connectivity index (χ0) is 13.5. The number of anilines is 1. The van der Waals surface area contributed by atoms with E-state index in [2.05, 4.69) is 24.1 Å². The molecule has 0 unspecified atom stereocenters. The monoisotopic (exact) mass is 253 g/mol. The van der Waals surface area contributed by atoms with Gasteiger partial charge in [-0.2, -0.15) is 0 Å². The van der Waals surface area contributed by atoms with Gasteiger partial charge in [-0.15, -0.1) is 0 Å². The SMILES string of the molecule is CCN(CC)CCNC(=O)c1cc(N)ccc1F. The van der Waals surface area contributed by atoms with Crippen molar-refractivity contribution in [2.45, 2.75) is 13.8 Å². The zero-order valence-electron chi connectivity index (χ0n) is 10.9. The third-order valence-corrected chi connectivity index (χ3v) is 2.84. The Bertz CT molecular complexity index is 405. The lowest BCUT2D eigenvalue weighted by atomic mass is 10.2. The predicted molar refractivity (Wildman–Crippen MR) is 70.9 cm³/mol. The molecule has 3 N–H and O–H groups in total. The molecule has 0 radical (unpaired) electrons. The normalized spacial score (nSPS) is 10.7. The smallest absolute Gasteiger partial charge is 0.254 e. The van der Waals surface area contributed by atoms with Gasteiger partial charge in [-0.1, -0.05) is 13.8 Å². The molecule has 0 spiro atoms. The maximum Gasteiger partial charge on any atom is 0.254 e. The minimum Gasteiger partial charge on any atom is -0.399 e. The van der Waals surface area contributed by atoms with E-state index in [1.54, 1.807) is 0 Å². The largest absolute Gasteiger partial charge is 0.399 e. The number of hydrogen-bond donors (Lipinski definition) is 2.